The van der Waals surface area contributed by atoms with Crippen molar-refractivity contribution in [1.29, 1.82) is 0 Å². The average molecular weight is 348 g/mol. The first-order valence-electron chi connectivity index (χ1n) is 6.34. The van der Waals surface area contributed by atoms with Gasteiger partial charge in [-0.25, -0.2) is 4.79 Å². The molecule has 0 unspecified atom stereocenters. The van der Waals surface area contributed by atoms with Gasteiger partial charge in [-0.3, -0.25) is 4.79 Å². The van der Waals surface area contributed by atoms with E-state index < -0.39 is 17.9 Å². The van der Waals surface area contributed by atoms with Crippen molar-refractivity contribution in [2.75, 3.05) is 0 Å². The SMILES string of the molecule is Cc1ccc(Br)c(C(=O)N[C@H](C(=O)O)c2ccccc2)c1. The lowest BCUT2D eigenvalue weighted by molar-refractivity contribution is -0.139. The standard InChI is InChI=1S/C16H14BrNO3/c1-10-7-8-13(17)12(9-10)15(19)18-14(16(20)21)11-5-3-2-4-6-11/h2-9,14H,1H3,(H,18,19)(H,20,21)/t14-/m0/s1. The van der Waals surface area contributed by atoms with Gasteiger partial charge in [0.05, 0.1) is 5.56 Å². The van der Waals surface area contributed by atoms with Gasteiger partial charge in [0.25, 0.3) is 5.91 Å². The Bertz CT molecular complexity index is 670. The number of nitrogens with one attached hydrogen (secondary N) is 1. The van der Waals surface area contributed by atoms with Gasteiger partial charge in [-0.2, -0.15) is 0 Å². The first kappa shape index (κ1) is 15.3. The van der Waals surface area contributed by atoms with Gasteiger partial charge in [0.1, 0.15) is 0 Å². The highest BCUT2D eigenvalue weighted by molar-refractivity contribution is 9.10. The molecule has 0 fully saturated rings. The Morgan fingerprint density at radius 2 is 1.81 bits per heavy atom. The summed E-state index contributed by atoms with van der Waals surface area (Å²) in [4.78, 5) is 23.7. The Morgan fingerprint density at radius 3 is 2.43 bits per heavy atom. The van der Waals surface area contributed by atoms with Gasteiger partial charge in [-0.15, -0.1) is 0 Å². The maximum absolute atomic E-state index is 12.3. The monoisotopic (exact) mass is 347 g/mol. The number of amides is 1. The lowest BCUT2D eigenvalue weighted by Crippen LogP contribution is -2.33. The highest BCUT2D eigenvalue weighted by Gasteiger charge is 2.23. The van der Waals surface area contributed by atoms with E-state index in [-0.39, 0.29) is 0 Å². The average Bonchev–Trinajstić information content (AvgIpc) is 2.47. The van der Waals surface area contributed by atoms with E-state index in [2.05, 4.69) is 21.2 Å². The minimum absolute atomic E-state index is 0.414. The van der Waals surface area contributed by atoms with E-state index in [0.29, 0.717) is 15.6 Å². The van der Waals surface area contributed by atoms with E-state index in [1.165, 1.54) is 0 Å². The van der Waals surface area contributed by atoms with Crippen LogP contribution in [-0.2, 0) is 4.79 Å². The van der Waals surface area contributed by atoms with Crippen molar-refractivity contribution >= 4 is 27.8 Å². The molecule has 2 N–H and O–H groups in total. The number of aryl methyl sites for hydroxylation is 1. The number of halogens is 1. The lowest BCUT2D eigenvalue weighted by Gasteiger charge is -2.15. The largest absolute Gasteiger partial charge is 0.479 e. The van der Waals surface area contributed by atoms with Gasteiger partial charge in [0.15, 0.2) is 6.04 Å². The van der Waals surface area contributed by atoms with Crippen LogP contribution in [0.25, 0.3) is 0 Å². The Labute approximate surface area is 130 Å². The minimum atomic E-state index is -1.10. The Balaban J connectivity index is 2.27. The molecule has 1 amide bonds. The lowest BCUT2D eigenvalue weighted by atomic mass is 10.1. The summed E-state index contributed by atoms with van der Waals surface area (Å²) in [5.41, 5.74) is 1.87. The summed E-state index contributed by atoms with van der Waals surface area (Å²) in [7, 11) is 0. The number of rotatable bonds is 4. The molecule has 0 radical (unpaired) electrons. The van der Waals surface area contributed by atoms with Crippen molar-refractivity contribution in [2.24, 2.45) is 0 Å². The molecule has 5 heteroatoms. The maximum Gasteiger partial charge on any atom is 0.330 e. The van der Waals surface area contributed by atoms with Crippen LogP contribution in [0.3, 0.4) is 0 Å². The first-order valence-corrected chi connectivity index (χ1v) is 7.13. The molecular formula is C16H14BrNO3. The minimum Gasteiger partial charge on any atom is -0.479 e. The number of aliphatic carboxylic acids is 1. The van der Waals surface area contributed by atoms with E-state index in [1.54, 1.807) is 42.5 Å². The molecule has 21 heavy (non-hydrogen) atoms. The first-order chi connectivity index (χ1) is 9.99. The van der Waals surface area contributed by atoms with Crippen LogP contribution in [0.4, 0.5) is 0 Å². The fourth-order valence-electron chi connectivity index (χ4n) is 1.96. The van der Waals surface area contributed by atoms with Gasteiger partial charge in [-0.1, -0.05) is 42.0 Å². The van der Waals surface area contributed by atoms with Crippen LogP contribution in [-0.4, -0.2) is 17.0 Å². The van der Waals surface area contributed by atoms with Gasteiger partial charge in [0, 0.05) is 4.47 Å². The van der Waals surface area contributed by atoms with Crippen molar-refractivity contribution in [1.82, 2.24) is 5.32 Å². The van der Waals surface area contributed by atoms with Crippen molar-refractivity contribution in [3.8, 4) is 0 Å². The second-order valence-corrected chi connectivity index (χ2v) is 5.49. The number of carbonyl (C=O) groups excluding carboxylic acids is 1. The highest BCUT2D eigenvalue weighted by atomic mass is 79.9. The van der Waals surface area contributed by atoms with Crippen molar-refractivity contribution in [3.63, 3.8) is 0 Å². The maximum atomic E-state index is 12.3. The third kappa shape index (κ3) is 3.70. The third-order valence-electron chi connectivity index (χ3n) is 3.02. The van der Waals surface area contributed by atoms with E-state index in [4.69, 9.17) is 0 Å². The molecule has 0 aliphatic carbocycles. The molecule has 0 aliphatic rings. The Morgan fingerprint density at radius 1 is 1.14 bits per heavy atom. The topological polar surface area (TPSA) is 66.4 Å². The number of carboxylic acid groups (broad SMARTS) is 1. The number of carbonyl (C=O) groups is 2. The molecule has 0 heterocycles. The fourth-order valence-corrected chi connectivity index (χ4v) is 2.38. The van der Waals surface area contributed by atoms with Gasteiger partial charge < -0.3 is 10.4 Å². The van der Waals surface area contributed by atoms with Crippen molar-refractivity contribution in [3.05, 3.63) is 69.7 Å². The smallest absolute Gasteiger partial charge is 0.330 e. The fraction of sp³-hybridized carbons (Fsp3) is 0.125. The molecule has 0 bridgehead atoms. The second-order valence-electron chi connectivity index (χ2n) is 4.64. The van der Waals surface area contributed by atoms with E-state index in [0.717, 1.165) is 5.56 Å². The van der Waals surface area contributed by atoms with Crippen molar-refractivity contribution in [2.45, 2.75) is 13.0 Å². The van der Waals surface area contributed by atoms with Gasteiger partial charge in [0.2, 0.25) is 0 Å². The zero-order valence-corrected chi connectivity index (χ0v) is 12.9. The summed E-state index contributed by atoms with van der Waals surface area (Å²) in [5.74, 6) is -1.53. The van der Waals surface area contributed by atoms with E-state index >= 15 is 0 Å². The number of carboxylic acids is 1. The molecular weight excluding hydrogens is 334 g/mol. The van der Waals surface area contributed by atoms with E-state index in [1.807, 2.05) is 13.0 Å². The van der Waals surface area contributed by atoms with Crippen LogP contribution in [0.2, 0.25) is 0 Å². The van der Waals surface area contributed by atoms with Crippen LogP contribution >= 0.6 is 15.9 Å². The van der Waals surface area contributed by atoms with Gasteiger partial charge in [-0.05, 0) is 40.5 Å². The second kappa shape index (κ2) is 6.54. The quantitative estimate of drug-likeness (QED) is 0.891. The number of benzene rings is 2. The van der Waals surface area contributed by atoms with Crippen LogP contribution < -0.4 is 5.32 Å². The summed E-state index contributed by atoms with van der Waals surface area (Å²) in [5, 5.41) is 11.9. The molecule has 2 aromatic rings. The molecule has 108 valence electrons. The Kier molecular flexibility index (Phi) is 4.75. The van der Waals surface area contributed by atoms with Crippen LogP contribution in [0.1, 0.15) is 27.5 Å². The summed E-state index contributed by atoms with van der Waals surface area (Å²) >= 11 is 3.31. The summed E-state index contributed by atoms with van der Waals surface area (Å²) in [6.07, 6.45) is 0. The van der Waals surface area contributed by atoms with E-state index in [9.17, 15) is 14.7 Å². The molecule has 2 aromatic carbocycles. The zero-order chi connectivity index (χ0) is 15.4. The van der Waals surface area contributed by atoms with Gasteiger partial charge >= 0.3 is 5.97 Å². The summed E-state index contributed by atoms with van der Waals surface area (Å²) in [6, 6.07) is 12.9. The normalized spacial score (nSPS) is 11.7. The highest BCUT2D eigenvalue weighted by Crippen LogP contribution is 2.20. The predicted molar refractivity (Wildman–Crippen MR) is 83.2 cm³/mol. The molecule has 0 aliphatic heterocycles. The molecule has 4 nitrogen and oxygen atoms in total. The third-order valence-corrected chi connectivity index (χ3v) is 3.71. The van der Waals surface area contributed by atoms with Crippen LogP contribution in [0.15, 0.2) is 53.0 Å². The zero-order valence-electron chi connectivity index (χ0n) is 11.3. The molecule has 0 saturated carbocycles. The molecule has 1 atom stereocenters. The predicted octanol–water partition coefficient (Wildman–Crippen LogP) is 3.31. The summed E-state index contributed by atoms with van der Waals surface area (Å²) < 4.78 is 0.628. The Hall–Kier alpha value is -2.14. The molecule has 0 saturated heterocycles. The van der Waals surface area contributed by atoms with Crippen LogP contribution in [0.5, 0.6) is 0 Å². The molecule has 2 rings (SSSR count). The number of hydrogen-bond acceptors (Lipinski definition) is 2. The molecule has 0 aromatic heterocycles. The summed E-state index contributed by atoms with van der Waals surface area (Å²) in [6.45, 7) is 1.87. The molecule has 0 spiro atoms. The number of hydrogen-bond donors (Lipinski definition) is 2. The van der Waals surface area contributed by atoms with Crippen molar-refractivity contribution < 1.29 is 14.7 Å². The van der Waals surface area contributed by atoms with Crippen LogP contribution in [0, 0.1) is 6.92 Å².